The molecule has 0 saturated carbocycles. The van der Waals surface area contributed by atoms with Gasteiger partial charge in [-0.15, -0.1) is 11.6 Å². The molecule has 0 aliphatic carbocycles. The summed E-state index contributed by atoms with van der Waals surface area (Å²) >= 11 is 5.52. The third-order valence-electron chi connectivity index (χ3n) is 2.09. The first-order chi connectivity index (χ1) is 7.56. The lowest BCUT2D eigenvalue weighted by Crippen LogP contribution is -2.24. The Balaban J connectivity index is 2.41. The fraction of sp³-hybridized carbons (Fsp3) is 0.667. The molecule has 1 heterocycles. The summed E-state index contributed by atoms with van der Waals surface area (Å²) in [5.74, 6) is 0.620. The van der Waals surface area contributed by atoms with Gasteiger partial charge in [0.05, 0.1) is 6.20 Å². The second-order valence-corrected chi connectivity index (χ2v) is 5.64. The van der Waals surface area contributed by atoms with E-state index >= 15 is 0 Å². The largest absolute Gasteiger partial charge is 0.274 e. The first kappa shape index (κ1) is 13.5. The van der Waals surface area contributed by atoms with Gasteiger partial charge >= 0.3 is 0 Å². The molecule has 0 saturated heterocycles. The van der Waals surface area contributed by atoms with Crippen molar-refractivity contribution in [1.82, 2.24) is 14.5 Å². The van der Waals surface area contributed by atoms with Gasteiger partial charge in [-0.25, -0.2) is 13.1 Å². The van der Waals surface area contributed by atoms with Crippen molar-refractivity contribution >= 4 is 21.6 Å². The minimum atomic E-state index is -3.39. The first-order valence-corrected chi connectivity index (χ1v) is 7.12. The minimum absolute atomic E-state index is 0.201. The van der Waals surface area contributed by atoms with Crippen molar-refractivity contribution in [3.8, 4) is 0 Å². The second-order valence-electron chi connectivity index (χ2n) is 3.50. The Kier molecular flexibility index (Phi) is 5.24. The summed E-state index contributed by atoms with van der Waals surface area (Å²) in [6.07, 6.45) is 5.45. The molecule has 1 rings (SSSR count). The zero-order chi connectivity index (χ0) is 12.0. The Bertz CT molecular complexity index is 416. The van der Waals surface area contributed by atoms with Gasteiger partial charge in [-0.05, 0) is 12.8 Å². The molecule has 0 aliphatic heterocycles. The molecular formula is C9H16ClN3O2S. The van der Waals surface area contributed by atoms with E-state index in [2.05, 4.69) is 9.82 Å². The van der Waals surface area contributed by atoms with E-state index in [0.29, 0.717) is 12.4 Å². The molecule has 0 atom stereocenters. The maximum Gasteiger partial charge on any atom is 0.243 e. The van der Waals surface area contributed by atoms with Crippen LogP contribution in [0.3, 0.4) is 0 Å². The van der Waals surface area contributed by atoms with Crippen molar-refractivity contribution in [3.63, 3.8) is 0 Å². The molecule has 1 aromatic heterocycles. The Labute approximate surface area is 101 Å². The topological polar surface area (TPSA) is 64.0 Å². The average molecular weight is 266 g/mol. The summed E-state index contributed by atoms with van der Waals surface area (Å²) in [5, 5.41) is 3.82. The molecule has 0 aliphatic rings. The molecule has 7 heteroatoms. The van der Waals surface area contributed by atoms with Gasteiger partial charge in [-0.3, -0.25) is 4.68 Å². The van der Waals surface area contributed by atoms with E-state index in [1.54, 1.807) is 7.05 Å². The van der Waals surface area contributed by atoms with Gasteiger partial charge in [0.2, 0.25) is 10.0 Å². The lowest BCUT2D eigenvalue weighted by molar-refractivity contribution is 0.576. The summed E-state index contributed by atoms with van der Waals surface area (Å²) in [6, 6.07) is 0. The molecule has 5 nitrogen and oxygen atoms in total. The molecule has 0 spiro atoms. The van der Waals surface area contributed by atoms with Crippen LogP contribution in [-0.2, 0) is 17.1 Å². The highest BCUT2D eigenvalue weighted by molar-refractivity contribution is 7.89. The molecule has 92 valence electrons. The van der Waals surface area contributed by atoms with Gasteiger partial charge in [0.1, 0.15) is 4.90 Å². The summed E-state index contributed by atoms with van der Waals surface area (Å²) < 4.78 is 27.4. The van der Waals surface area contributed by atoms with Crippen molar-refractivity contribution in [2.45, 2.75) is 24.2 Å². The second kappa shape index (κ2) is 6.22. The van der Waals surface area contributed by atoms with E-state index in [0.717, 1.165) is 19.3 Å². The summed E-state index contributed by atoms with van der Waals surface area (Å²) in [4.78, 5) is 0.201. The number of halogens is 1. The highest BCUT2D eigenvalue weighted by Gasteiger charge is 2.14. The molecule has 0 bridgehead atoms. The van der Waals surface area contributed by atoms with Crippen LogP contribution in [0.15, 0.2) is 17.3 Å². The van der Waals surface area contributed by atoms with Gasteiger partial charge in [0, 0.05) is 25.7 Å². The normalized spacial score (nSPS) is 11.9. The molecular weight excluding hydrogens is 250 g/mol. The van der Waals surface area contributed by atoms with Crippen LogP contribution in [0.1, 0.15) is 19.3 Å². The Morgan fingerprint density at radius 2 is 2.19 bits per heavy atom. The van der Waals surface area contributed by atoms with Crippen LogP contribution in [0.2, 0.25) is 0 Å². The van der Waals surface area contributed by atoms with E-state index in [4.69, 9.17) is 11.6 Å². The van der Waals surface area contributed by atoms with Gasteiger partial charge in [-0.1, -0.05) is 6.42 Å². The number of sulfonamides is 1. The fourth-order valence-corrected chi connectivity index (χ4v) is 2.47. The number of nitrogens with zero attached hydrogens (tertiary/aromatic N) is 2. The maximum absolute atomic E-state index is 11.7. The number of unbranched alkanes of at least 4 members (excludes halogenated alkanes) is 2. The van der Waals surface area contributed by atoms with Crippen molar-refractivity contribution in [3.05, 3.63) is 12.4 Å². The predicted molar refractivity (Wildman–Crippen MR) is 63.0 cm³/mol. The van der Waals surface area contributed by atoms with Crippen LogP contribution in [0.5, 0.6) is 0 Å². The molecule has 1 aromatic rings. The summed E-state index contributed by atoms with van der Waals surface area (Å²) in [6.45, 7) is 0.439. The van der Waals surface area contributed by atoms with E-state index in [1.807, 2.05) is 0 Å². The first-order valence-electron chi connectivity index (χ1n) is 5.10. The van der Waals surface area contributed by atoms with Crippen LogP contribution < -0.4 is 4.72 Å². The molecule has 0 radical (unpaired) electrons. The Morgan fingerprint density at radius 3 is 2.75 bits per heavy atom. The number of aryl methyl sites for hydroxylation is 1. The number of hydrogen-bond acceptors (Lipinski definition) is 3. The van der Waals surface area contributed by atoms with E-state index in [-0.39, 0.29) is 4.90 Å². The van der Waals surface area contributed by atoms with Crippen LogP contribution in [0.4, 0.5) is 0 Å². The van der Waals surface area contributed by atoms with Crippen LogP contribution in [0.25, 0.3) is 0 Å². The van der Waals surface area contributed by atoms with Gasteiger partial charge in [0.15, 0.2) is 0 Å². The number of aromatic nitrogens is 2. The molecule has 0 amide bonds. The Morgan fingerprint density at radius 1 is 1.44 bits per heavy atom. The van der Waals surface area contributed by atoms with Crippen LogP contribution in [0, 0.1) is 0 Å². The van der Waals surface area contributed by atoms with Gasteiger partial charge in [0.25, 0.3) is 0 Å². The third kappa shape index (κ3) is 4.11. The van der Waals surface area contributed by atoms with E-state index in [1.165, 1.54) is 17.1 Å². The molecule has 0 aromatic carbocycles. The highest BCUT2D eigenvalue weighted by atomic mass is 35.5. The van der Waals surface area contributed by atoms with Crippen molar-refractivity contribution in [2.24, 2.45) is 7.05 Å². The molecule has 0 unspecified atom stereocenters. The summed E-state index contributed by atoms with van der Waals surface area (Å²) in [5.41, 5.74) is 0. The number of alkyl halides is 1. The van der Waals surface area contributed by atoms with Crippen LogP contribution >= 0.6 is 11.6 Å². The van der Waals surface area contributed by atoms with E-state index in [9.17, 15) is 8.42 Å². The third-order valence-corrected chi connectivity index (χ3v) is 3.78. The smallest absolute Gasteiger partial charge is 0.243 e. The Hall–Kier alpha value is -0.590. The van der Waals surface area contributed by atoms with Crippen molar-refractivity contribution in [1.29, 1.82) is 0 Å². The zero-order valence-corrected chi connectivity index (χ0v) is 10.8. The summed E-state index contributed by atoms with van der Waals surface area (Å²) in [7, 11) is -1.71. The minimum Gasteiger partial charge on any atom is -0.274 e. The number of rotatable bonds is 7. The fourth-order valence-electron chi connectivity index (χ4n) is 1.22. The van der Waals surface area contributed by atoms with Gasteiger partial charge in [-0.2, -0.15) is 5.10 Å². The monoisotopic (exact) mass is 265 g/mol. The quantitative estimate of drug-likeness (QED) is 0.593. The van der Waals surface area contributed by atoms with Crippen LogP contribution in [-0.4, -0.2) is 30.6 Å². The van der Waals surface area contributed by atoms with Crippen molar-refractivity contribution in [2.75, 3.05) is 12.4 Å². The number of hydrogen-bond donors (Lipinski definition) is 1. The molecule has 0 fully saturated rings. The zero-order valence-electron chi connectivity index (χ0n) is 9.19. The highest BCUT2D eigenvalue weighted by Crippen LogP contribution is 2.06. The van der Waals surface area contributed by atoms with Gasteiger partial charge < -0.3 is 0 Å². The number of nitrogens with one attached hydrogen (secondary N) is 1. The van der Waals surface area contributed by atoms with Crippen molar-refractivity contribution < 1.29 is 8.42 Å². The van der Waals surface area contributed by atoms with E-state index < -0.39 is 10.0 Å². The lowest BCUT2D eigenvalue weighted by atomic mass is 10.2. The maximum atomic E-state index is 11.7. The predicted octanol–water partition coefficient (Wildman–Crippen LogP) is 1.11. The standard InChI is InChI=1S/C9H16ClN3O2S/c1-13-8-9(7-11-13)16(14,15)12-6-4-2-3-5-10/h7-8,12H,2-6H2,1H3. The lowest BCUT2D eigenvalue weighted by Gasteiger charge is -2.03. The SMILES string of the molecule is Cn1cc(S(=O)(=O)NCCCCCCl)cn1. The molecule has 1 N–H and O–H groups in total. The molecule has 16 heavy (non-hydrogen) atoms. The average Bonchev–Trinajstić information content (AvgIpc) is 2.65.